The van der Waals surface area contributed by atoms with Gasteiger partial charge in [-0.2, -0.15) is 0 Å². The Morgan fingerprint density at radius 3 is 2.28 bits per heavy atom. The van der Waals surface area contributed by atoms with Crippen molar-refractivity contribution in [2.45, 2.75) is 50.2 Å². The van der Waals surface area contributed by atoms with Gasteiger partial charge in [-0.25, -0.2) is 15.0 Å². The lowest BCUT2D eigenvalue weighted by Crippen LogP contribution is -2.60. The Balaban J connectivity index is 0.657. The minimum absolute atomic E-state index is 0.0650. The fourth-order valence-corrected chi connectivity index (χ4v) is 10.5. The Bertz CT molecular complexity index is 2600. The third-order valence-electron chi connectivity index (χ3n) is 14.6. The molecule has 0 aliphatic carbocycles. The van der Waals surface area contributed by atoms with Crippen molar-refractivity contribution in [2.75, 3.05) is 121 Å². The zero-order chi connectivity index (χ0) is 50.0. The molecule has 4 fully saturated rings. The maximum Gasteiger partial charge on any atom is 0.272 e. The van der Waals surface area contributed by atoms with Crippen molar-refractivity contribution in [1.82, 2.24) is 70.1 Å². The van der Waals surface area contributed by atoms with E-state index in [0.29, 0.717) is 94.8 Å². The number of carbonyl (C=O) groups excluding carboxylic acids is 4. The van der Waals surface area contributed by atoms with E-state index in [4.69, 9.17) is 28.9 Å². The largest absolute Gasteiger partial charge is 0.356 e. The topological polar surface area (TPSA) is 235 Å². The zero-order valence-corrected chi connectivity index (χ0v) is 42.1. The zero-order valence-electron chi connectivity index (χ0n) is 40.6. The molecule has 6 N–H and O–H groups in total. The van der Waals surface area contributed by atoms with Gasteiger partial charge in [0.2, 0.25) is 17.7 Å². The summed E-state index contributed by atoms with van der Waals surface area (Å²) in [5, 5.41) is 18.4. The Morgan fingerprint density at radius 2 is 1.56 bits per heavy atom. The first-order valence-electron chi connectivity index (χ1n) is 25.1. The number of hydrogen-bond acceptors (Lipinski definition) is 15. The molecule has 4 aliphatic heterocycles. The van der Waals surface area contributed by atoms with Gasteiger partial charge in [0.05, 0.1) is 48.5 Å². The number of halogens is 2. The molecule has 72 heavy (non-hydrogen) atoms. The monoisotopic (exact) mass is 1030 g/mol. The van der Waals surface area contributed by atoms with Crippen molar-refractivity contribution in [3.63, 3.8) is 0 Å². The molecule has 0 spiro atoms. The van der Waals surface area contributed by atoms with Gasteiger partial charge in [-0.1, -0.05) is 40.5 Å². The number of piperidine rings is 2. The molecule has 4 aromatic heterocycles. The lowest BCUT2D eigenvalue weighted by molar-refractivity contribution is -0.134. The number of amides is 4. The number of nitrogens with two attached hydrogens (primary N) is 1. The Hall–Kier alpha value is -5.81. The Labute approximate surface area is 429 Å². The number of nitrogens with zero attached hydrogens (tertiary/aromatic N) is 12. The van der Waals surface area contributed by atoms with Gasteiger partial charge in [-0.05, 0) is 87.0 Å². The highest BCUT2D eigenvalue weighted by molar-refractivity contribution is 6.32. The summed E-state index contributed by atoms with van der Waals surface area (Å²) in [5.74, 6) is 0.947. The number of anilines is 2. The molecular formula is C49H65Cl2N17O4. The number of hydrogen-bond donors (Lipinski definition) is 5. The molecular weight excluding hydrogens is 962 g/mol. The van der Waals surface area contributed by atoms with E-state index in [1.807, 2.05) is 46.3 Å². The molecule has 1 aromatic carbocycles. The molecule has 4 aliphatic rings. The van der Waals surface area contributed by atoms with E-state index < -0.39 is 5.54 Å². The highest BCUT2D eigenvalue weighted by Gasteiger charge is 2.39. The molecule has 0 saturated carbocycles. The third-order valence-corrected chi connectivity index (χ3v) is 15.2. The van der Waals surface area contributed by atoms with Crippen molar-refractivity contribution >= 4 is 69.4 Å². The van der Waals surface area contributed by atoms with Crippen LogP contribution < -0.4 is 26.6 Å². The molecule has 1 atom stereocenters. The predicted octanol–water partition coefficient (Wildman–Crippen LogP) is 2.34. The van der Waals surface area contributed by atoms with Crippen LogP contribution in [0.15, 0.2) is 67.4 Å². The number of benzene rings is 1. The smallest absolute Gasteiger partial charge is 0.272 e. The van der Waals surface area contributed by atoms with Crippen LogP contribution in [0.1, 0.15) is 54.2 Å². The van der Waals surface area contributed by atoms with E-state index in [0.717, 1.165) is 87.6 Å². The average Bonchev–Trinajstić information content (AvgIpc) is 4.12. The van der Waals surface area contributed by atoms with Crippen LogP contribution in [0.5, 0.6) is 0 Å². The summed E-state index contributed by atoms with van der Waals surface area (Å²) in [7, 11) is 0. The minimum atomic E-state index is -1.01. The summed E-state index contributed by atoms with van der Waals surface area (Å²) in [6.07, 6.45) is 10.5. The number of carbonyl (C=O) groups is 4. The summed E-state index contributed by atoms with van der Waals surface area (Å²) in [6.45, 7) is 12.0. The second kappa shape index (κ2) is 23.8. The summed E-state index contributed by atoms with van der Waals surface area (Å²) < 4.78 is 1.67. The van der Waals surface area contributed by atoms with Crippen LogP contribution in [-0.2, 0) is 20.9 Å². The quantitative estimate of drug-likeness (QED) is 0.0626. The standard InChI is InChI=1S/C49H65Cl2N17O4/c50-37-3-1-36(2-4-37)39(60-48(72)49(52)11-19-66(20-12-49)46-38-7-13-54-45(38)55-34-56-46)10-18-62-23-27-65(28-24-62)43(70)33-63-16-8-35(9-17-63)32-64-25-29-67(30-26-64)47(71)41-6-5-40(44(51)59-41)58-42(69)31-53-14-21-68-22-15-57-61-68/h1-7,13,15,22,34-35,39,53H,8-12,14,16-21,23-33,52H2,(H,58,69)(H,60,72)(H,54,55,56)/t39-/m0/s1. The summed E-state index contributed by atoms with van der Waals surface area (Å²) in [4.78, 5) is 82.7. The molecule has 5 aromatic rings. The van der Waals surface area contributed by atoms with E-state index in [9.17, 15) is 19.2 Å². The maximum absolute atomic E-state index is 14.0. The van der Waals surface area contributed by atoms with E-state index >= 15 is 0 Å². The number of aromatic nitrogens is 7. The van der Waals surface area contributed by atoms with Gasteiger partial charge in [0.15, 0.2) is 5.15 Å². The van der Waals surface area contributed by atoms with Crippen LogP contribution in [0.2, 0.25) is 10.2 Å². The lowest BCUT2D eigenvalue weighted by atomic mass is 9.87. The van der Waals surface area contributed by atoms with E-state index in [2.05, 4.69) is 65.8 Å². The second-order valence-electron chi connectivity index (χ2n) is 19.4. The number of aromatic amines is 1. The number of pyridine rings is 1. The number of nitrogens with one attached hydrogen (secondary N) is 4. The van der Waals surface area contributed by atoms with Gasteiger partial charge < -0.3 is 41.4 Å². The van der Waals surface area contributed by atoms with Gasteiger partial charge >= 0.3 is 0 Å². The highest BCUT2D eigenvalue weighted by atomic mass is 35.5. The molecule has 0 radical (unpaired) electrons. The van der Waals surface area contributed by atoms with Crippen LogP contribution in [0.25, 0.3) is 11.0 Å². The van der Waals surface area contributed by atoms with Gasteiger partial charge in [-0.15, -0.1) is 5.10 Å². The van der Waals surface area contributed by atoms with Crippen molar-refractivity contribution in [3.8, 4) is 0 Å². The number of H-pyrrole nitrogens is 1. The molecule has 4 amide bonds. The Kier molecular flexibility index (Phi) is 16.9. The number of rotatable bonds is 18. The summed E-state index contributed by atoms with van der Waals surface area (Å²) in [5.41, 5.74) is 8.20. The van der Waals surface area contributed by atoms with Crippen LogP contribution >= 0.6 is 23.2 Å². The Morgan fingerprint density at radius 1 is 0.819 bits per heavy atom. The van der Waals surface area contributed by atoms with E-state index in [-0.39, 0.29) is 47.1 Å². The minimum Gasteiger partial charge on any atom is -0.356 e. The third kappa shape index (κ3) is 13.0. The normalized spacial score (nSPS) is 18.8. The first-order chi connectivity index (χ1) is 35.0. The SMILES string of the molecule is NC1(C(=O)N[C@@H](CCN2CCN(C(=O)CN3CCC(CN4CCN(C(=O)c5ccc(NC(=O)CNCCn6ccnn6)c(Cl)n5)CC4)CC3)CC2)c2ccc(Cl)cc2)CCN(c2ncnc3[nH]ccc23)CC1. The molecule has 384 valence electrons. The number of likely N-dealkylation sites (tertiary alicyclic amines) is 1. The van der Waals surface area contributed by atoms with Crippen molar-refractivity contribution < 1.29 is 19.2 Å². The summed E-state index contributed by atoms with van der Waals surface area (Å²) >= 11 is 12.7. The second-order valence-corrected chi connectivity index (χ2v) is 20.2. The molecule has 0 unspecified atom stereocenters. The van der Waals surface area contributed by atoms with Crippen molar-refractivity contribution in [2.24, 2.45) is 11.7 Å². The van der Waals surface area contributed by atoms with Crippen LogP contribution in [-0.4, -0.2) is 200 Å². The molecule has 9 rings (SSSR count). The molecule has 23 heteroatoms. The number of fused-ring (bicyclic) bond motifs is 1. The fourth-order valence-electron chi connectivity index (χ4n) is 10.2. The van der Waals surface area contributed by atoms with Gasteiger partial charge in [-0.3, -0.25) is 38.6 Å². The summed E-state index contributed by atoms with van der Waals surface area (Å²) in [6, 6.07) is 12.6. The molecule has 8 heterocycles. The van der Waals surface area contributed by atoms with Gasteiger partial charge in [0.25, 0.3) is 5.91 Å². The maximum atomic E-state index is 14.0. The molecule has 21 nitrogen and oxygen atoms in total. The van der Waals surface area contributed by atoms with E-state index in [1.54, 1.807) is 35.5 Å². The highest BCUT2D eigenvalue weighted by Crippen LogP contribution is 2.30. The number of piperazine rings is 2. The average molecular weight is 1030 g/mol. The molecule has 0 bridgehead atoms. The predicted molar refractivity (Wildman–Crippen MR) is 275 cm³/mol. The molecule has 4 saturated heterocycles. The van der Waals surface area contributed by atoms with Gasteiger partial charge in [0, 0.05) is 102 Å². The van der Waals surface area contributed by atoms with Gasteiger partial charge in [0.1, 0.15) is 23.5 Å². The first kappa shape index (κ1) is 51.1. The lowest BCUT2D eigenvalue weighted by Gasteiger charge is -2.40. The van der Waals surface area contributed by atoms with Crippen molar-refractivity contribution in [3.05, 3.63) is 88.8 Å². The first-order valence-corrected chi connectivity index (χ1v) is 25.9. The van der Waals surface area contributed by atoms with Crippen molar-refractivity contribution in [1.29, 1.82) is 0 Å². The van der Waals surface area contributed by atoms with Crippen LogP contribution in [0, 0.1) is 5.92 Å². The van der Waals surface area contributed by atoms with Crippen LogP contribution in [0.4, 0.5) is 11.5 Å². The van der Waals surface area contributed by atoms with Crippen LogP contribution in [0.3, 0.4) is 0 Å². The van der Waals surface area contributed by atoms with E-state index in [1.165, 1.54) is 0 Å². The fraction of sp³-hybridized carbons (Fsp3) is 0.531.